The van der Waals surface area contributed by atoms with E-state index in [1.165, 1.54) is 24.2 Å². The molecule has 0 bridgehead atoms. The second-order valence-corrected chi connectivity index (χ2v) is 5.97. The molecule has 1 aromatic rings. The molecule has 0 aromatic carbocycles. The summed E-state index contributed by atoms with van der Waals surface area (Å²) in [5, 5.41) is 9.33. The van der Waals surface area contributed by atoms with Gasteiger partial charge in [-0.3, -0.25) is 9.79 Å². The number of halogens is 1. The zero-order chi connectivity index (χ0) is 15.1. The fourth-order valence-corrected chi connectivity index (χ4v) is 2.54. The van der Waals surface area contributed by atoms with E-state index < -0.39 is 0 Å². The fourth-order valence-electron chi connectivity index (χ4n) is 1.82. The molecule has 1 fully saturated rings. The van der Waals surface area contributed by atoms with E-state index in [0.717, 1.165) is 30.7 Å². The molecular weight excluding hydrogens is 413 g/mol. The Hall–Kier alpha value is -0.900. The first-order valence-electron chi connectivity index (χ1n) is 7.41. The van der Waals surface area contributed by atoms with Crippen molar-refractivity contribution >= 4 is 47.2 Å². The van der Waals surface area contributed by atoms with Crippen molar-refractivity contribution < 1.29 is 4.79 Å². The SMILES string of the molecule is CCNC(=NCC1CC1)NCCNC(=O)c1scnc1C.I. The number of aliphatic imine (C=N–C) groups is 1. The van der Waals surface area contributed by atoms with E-state index in [0.29, 0.717) is 18.0 Å². The predicted octanol–water partition coefficient (Wildman–Crippen LogP) is 1.76. The largest absolute Gasteiger partial charge is 0.357 e. The summed E-state index contributed by atoms with van der Waals surface area (Å²) in [5.74, 6) is 1.54. The van der Waals surface area contributed by atoms with Gasteiger partial charge in [-0.05, 0) is 32.6 Å². The lowest BCUT2D eigenvalue weighted by atomic mass is 10.4. The highest BCUT2D eigenvalue weighted by molar-refractivity contribution is 14.0. The molecule has 22 heavy (non-hydrogen) atoms. The summed E-state index contributed by atoms with van der Waals surface area (Å²) in [6.45, 7) is 6.83. The predicted molar refractivity (Wildman–Crippen MR) is 101 cm³/mol. The van der Waals surface area contributed by atoms with Crippen LogP contribution < -0.4 is 16.0 Å². The quantitative estimate of drug-likeness (QED) is 0.263. The lowest BCUT2D eigenvalue weighted by molar-refractivity contribution is 0.0957. The van der Waals surface area contributed by atoms with Crippen molar-refractivity contribution in [3.05, 3.63) is 16.1 Å². The highest BCUT2D eigenvalue weighted by Crippen LogP contribution is 2.28. The molecule has 0 saturated heterocycles. The van der Waals surface area contributed by atoms with E-state index >= 15 is 0 Å². The van der Waals surface area contributed by atoms with E-state index in [1.54, 1.807) is 5.51 Å². The molecule has 3 N–H and O–H groups in total. The molecule has 1 aliphatic carbocycles. The van der Waals surface area contributed by atoms with Crippen LogP contribution in [0.15, 0.2) is 10.5 Å². The van der Waals surface area contributed by atoms with Gasteiger partial charge in [0.15, 0.2) is 5.96 Å². The van der Waals surface area contributed by atoms with Gasteiger partial charge in [0.25, 0.3) is 5.91 Å². The zero-order valence-electron chi connectivity index (χ0n) is 13.0. The minimum atomic E-state index is -0.0586. The van der Waals surface area contributed by atoms with Crippen LogP contribution in [-0.2, 0) is 0 Å². The second kappa shape index (κ2) is 9.98. The van der Waals surface area contributed by atoms with Crippen LogP contribution in [-0.4, -0.2) is 43.0 Å². The zero-order valence-corrected chi connectivity index (χ0v) is 16.2. The molecular formula is C14H24IN5OS. The number of aryl methyl sites for hydroxylation is 1. The number of amides is 1. The molecule has 0 radical (unpaired) electrons. The lowest BCUT2D eigenvalue weighted by Gasteiger charge is -2.11. The maximum absolute atomic E-state index is 11.9. The molecule has 1 saturated carbocycles. The third-order valence-electron chi connectivity index (χ3n) is 3.20. The number of aromatic nitrogens is 1. The number of nitrogens with zero attached hydrogens (tertiary/aromatic N) is 2. The molecule has 1 heterocycles. The number of carbonyl (C=O) groups excluding carboxylic acids is 1. The van der Waals surface area contributed by atoms with Crippen molar-refractivity contribution in [2.45, 2.75) is 26.7 Å². The Morgan fingerprint density at radius 3 is 2.68 bits per heavy atom. The number of nitrogens with one attached hydrogen (secondary N) is 3. The van der Waals surface area contributed by atoms with Crippen LogP contribution in [0.5, 0.6) is 0 Å². The average molecular weight is 437 g/mol. The first-order valence-corrected chi connectivity index (χ1v) is 8.29. The third-order valence-corrected chi connectivity index (χ3v) is 4.13. The first kappa shape index (κ1) is 19.1. The van der Waals surface area contributed by atoms with Crippen molar-refractivity contribution in [2.24, 2.45) is 10.9 Å². The first-order chi connectivity index (χ1) is 10.2. The molecule has 6 nitrogen and oxygen atoms in total. The van der Waals surface area contributed by atoms with Crippen molar-refractivity contribution in [3.63, 3.8) is 0 Å². The van der Waals surface area contributed by atoms with Gasteiger partial charge in [0.05, 0.1) is 11.2 Å². The molecule has 0 atom stereocenters. The Kier molecular flexibility index (Phi) is 8.69. The van der Waals surface area contributed by atoms with Gasteiger partial charge in [-0.15, -0.1) is 35.3 Å². The summed E-state index contributed by atoms with van der Waals surface area (Å²) in [4.78, 5) is 21.2. The standard InChI is InChI=1S/C14H23N5OS.HI/c1-3-15-14(18-8-11-4-5-11)17-7-6-16-13(20)12-10(2)19-9-21-12;/h9,11H,3-8H2,1-2H3,(H,16,20)(H2,15,17,18);1H. The molecule has 1 aromatic heterocycles. The Bertz CT molecular complexity index is 501. The molecule has 0 aliphatic heterocycles. The molecule has 8 heteroatoms. The summed E-state index contributed by atoms with van der Waals surface area (Å²) in [5.41, 5.74) is 2.47. The van der Waals surface area contributed by atoms with Crippen LogP contribution in [0.2, 0.25) is 0 Å². The van der Waals surface area contributed by atoms with Gasteiger partial charge < -0.3 is 16.0 Å². The number of hydrogen-bond donors (Lipinski definition) is 3. The average Bonchev–Trinajstić information content (AvgIpc) is 3.20. The van der Waals surface area contributed by atoms with E-state index in [4.69, 9.17) is 0 Å². The molecule has 2 rings (SSSR count). The summed E-state index contributed by atoms with van der Waals surface area (Å²) in [6.07, 6.45) is 2.60. The minimum Gasteiger partial charge on any atom is -0.357 e. The summed E-state index contributed by atoms with van der Waals surface area (Å²) in [7, 11) is 0. The van der Waals surface area contributed by atoms with Crippen molar-refractivity contribution in [3.8, 4) is 0 Å². The van der Waals surface area contributed by atoms with Crippen LogP contribution in [0.3, 0.4) is 0 Å². The van der Waals surface area contributed by atoms with Gasteiger partial charge in [0.2, 0.25) is 0 Å². The van der Waals surface area contributed by atoms with Crippen LogP contribution >= 0.6 is 35.3 Å². The third kappa shape index (κ3) is 6.47. The molecule has 1 amide bonds. The van der Waals surface area contributed by atoms with Crippen LogP contribution in [0.4, 0.5) is 0 Å². The van der Waals surface area contributed by atoms with Crippen LogP contribution in [0.1, 0.15) is 35.1 Å². The number of hydrogen-bond acceptors (Lipinski definition) is 4. The highest BCUT2D eigenvalue weighted by Gasteiger charge is 2.20. The summed E-state index contributed by atoms with van der Waals surface area (Å²) < 4.78 is 0. The Morgan fingerprint density at radius 2 is 2.09 bits per heavy atom. The van der Waals surface area contributed by atoms with Gasteiger partial charge in [-0.2, -0.15) is 0 Å². The molecule has 124 valence electrons. The Balaban J connectivity index is 0.00000242. The molecule has 0 unspecified atom stereocenters. The van der Waals surface area contributed by atoms with Crippen molar-refractivity contribution in [1.82, 2.24) is 20.9 Å². The van der Waals surface area contributed by atoms with Crippen LogP contribution in [0.25, 0.3) is 0 Å². The number of thiazole rings is 1. The second-order valence-electron chi connectivity index (χ2n) is 5.11. The molecule has 0 spiro atoms. The van der Waals surface area contributed by atoms with Crippen LogP contribution in [0, 0.1) is 12.8 Å². The maximum atomic E-state index is 11.9. The molecule has 1 aliphatic rings. The lowest BCUT2D eigenvalue weighted by Crippen LogP contribution is -2.41. The van der Waals surface area contributed by atoms with Gasteiger partial charge in [-0.25, -0.2) is 4.98 Å². The smallest absolute Gasteiger partial charge is 0.263 e. The topological polar surface area (TPSA) is 78.4 Å². The van der Waals surface area contributed by atoms with Gasteiger partial charge in [0.1, 0.15) is 4.88 Å². The summed E-state index contributed by atoms with van der Waals surface area (Å²) in [6, 6.07) is 0. The van der Waals surface area contributed by atoms with Crippen molar-refractivity contribution in [1.29, 1.82) is 0 Å². The maximum Gasteiger partial charge on any atom is 0.263 e. The Labute approximate surface area is 152 Å². The fraction of sp³-hybridized carbons (Fsp3) is 0.643. The summed E-state index contributed by atoms with van der Waals surface area (Å²) >= 11 is 1.37. The monoisotopic (exact) mass is 437 g/mol. The van der Waals surface area contributed by atoms with Gasteiger partial charge in [-0.1, -0.05) is 0 Å². The van der Waals surface area contributed by atoms with Gasteiger partial charge in [0, 0.05) is 26.2 Å². The Morgan fingerprint density at radius 1 is 1.36 bits per heavy atom. The highest BCUT2D eigenvalue weighted by atomic mass is 127. The van der Waals surface area contributed by atoms with Crippen molar-refractivity contribution in [2.75, 3.05) is 26.2 Å². The number of rotatable bonds is 7. The van der Waals surface area contributed by atoms with E-state index in [9.17, 15) is 4.79 Å². The van der Waals surface area contributed by atoms with E-state index in [2.05, 4.69) is 25.9 Å². The van der Waals surface area contributed by atoms with Gasteiger partial charge >= 0.3 is 0 Å². The number of guanidine groups is 1. The van der Waals surface area contributed by atoms with E-state index in [1.807, 2.05) is 13.8 Å². The normalized spacial score (nSPS) is 14.2. The van der Waals surface area contributed by atoms with E-state index in [-0.39, 0.29) is 29.9 Å². The minimum absolute atomic E-state index is 0. The number of carbonyl (C=O) groups is 1.